The van der Waals surface area contributed by atoms with E-state index in [1.807, 2.05) is 12.1 Å². The van der Waals surface area contributed by atoms with Gasteiger partial charge in [0.15, 0.2) is 0 Å². The fraction of sp³-hybridized carbons (Fsp3) is 0.556. The Hall–Kier alpha value is -1.92. The number of anilines is 1. The molecule has 2 N–H and O–H groups in total. The predicted molar refractivity (Wildman–Crippen MR) is 90.0 cm³/mol. The van der Waals surface area contributed by atoms with Gasteiger partial charge in [-0.15, -0.1) is 0 Å². The molecule has 6 nitrogen and oxygen atoms in total. The summed E-state index contributed by atoms with van der Waals surface area (Å²) in [6.07, 6.45) is 2.76. The molecule has 1 atom stereocenters. The van der Waals surface area contributed by atoms with Crippen LogP contribution in [0.25, 0.3) is 0 Å². The Balaban J connectivity index is 1.70. The number of carboxylic acid groups (broad SMARTS) is 1. The lowest BCUT2D eigenvalue weighted by Gasteiger charge is -2.22. The second-order valence-electron chi connectivity index (χ2n) is 6.12. The molecule has 0 saturated carbocycles. The van der Waals surface area contributed by atoms with Crippen LogP contribution in [0.4, 0.5) is 5.69 Å². The Morgan fingerprint density at radius 3 is 2.58 bits per heavy atom. The maximum absolute atomic E-state index is 11.9. The Bertz CT molecular complexity index is 537. The molecule has 1 heterocycles. The highest BCUT2D eigenvalue weighted by Crippen LogP contribution is 2.14. The van der Waals surface area contributed by atoms with Gasteiger partial charge >= 0.3 is 5.97 Å². The van der Waals surface area contributed by atoms with Crippen molar-refractivity contribution in [1.29, 1.82) is 0 Å². The first kappa shape index (κ1) is 18.4. The Morgan fingerprint density at radius 2 is 1.96 bits per heavy atom. The third-order valence-corrected chi connectivity index (χ3v) is 4.05. The maximum Gasteiger partial charge on any atom is 0.306 e. The first-order chi connectivity index (χ1) is 11.5. The minimum absolute atomic E-state index is 0.0892. The van der Waals surface area contributed by atoms with Crippen LogP contribution in [0.3, 0.4) is 0 Å². The molecule has 0 radical (unpaired) electrons. The van der Waals surface area contributed by atoms with Crippen LogP contribution >= 0.6 is 0 Å². The van der Waals surface area contributed by atoms with Gasteiger partial charge in [0.05, 0.1) is 25.0 Å². The van der Waals surface area contributed by atoms with Crippen LogP contribution in [0.1, 0.15) is 31.7 Å². The molecule has 1 aromatic rings. The van der Waals surface area contributed by atoms with Gasteiger partial charge in [0.2, 0.25) is 5.91 Å². The number of aliphatic carboxylic acids is 1. The number of nitrogens with one attached hydrogen (secondary N) is 1. The predicted octanol–water partition coefficient (Wildman–Crippen LogP) is 2.47. The van der Waals surface area contributed by atoms with Crippen LogP contribution < -0.4 is 5.32 Å². The fourth-order valence-electron chi connectivity index (χ4n) is 2.55. The molecule has 24 heavy (non-hydrogen) atoms. The molecule has 1 aromatic carbocycles. The molecule has 132 valence electrons. The van der Waals surface area contributed by atoms with Crippen molar-refractivity contribution >= 4 is 17.6 Å². The van der Waals surface area contributed by atoms with E-state index in [1.165, 1.54) is 0 Å². The molecule has 1 amide bonds. The second kappa shape index (κ2) is 9.39. The minimum atomic E-state index is -0.808. The molecule has 2 rings (SSSR count). The first-order valence-corrected chi connectivity index (χ1v) is 8.35. The Kier molecular flexibility index (Phi) is 7.21. The summed E-state index contributed by atoms with van der Waals surface area (Å²) in [5, 5.41) is 11.7. The van der Waals surface area contributed by atoms with E-state index in [-0.39, 0.29) is 12.0 Å². The van der Waals surface area contributed by atoms with Crippen molar-refractivity contribution in [2.75, 3.05) is 25.1 Å². The summed E-state index contributed by atoms with van der Waals surface area (Å²) in [5.74, 6) is -1.32. The van der Waals surface area contributed by atoms with Crippen LogP contribution in [-0.4, -0.2) is 42.9 Å². The molecule has 0 aromatic heterocycles. The number of hydrogen-bond acceptors (Lipinski definition) is 4. The van der Waals surface area contributed by atoms with Crippen molar-refractivity contribution < 1.29 is 24.2 Å². The highest BCUT2D eigenvalue weighted by atomic mass is 16.5. The summed E-state index contributed by atoms with van der Waals surface area (Å²) >= 11 is 0. The monoisotopic (exact) mass is 335 g/mol. The quantitative estimate of drug-likeness (QED) is 0.762. The van der Waals surface area contributed by atoms with E-state index in [2.05, 4.69) is 5.32 Å². The number of ether oxygens (including phenoxy) is 2. The second-order valence-corrected chi connectivity index (χ2v) is 6.12. The van der Waals surface area contributed by atoms with Gasteiger partial charge in [-0.3, -0.25) is 9.59 Å². The zero-order valence-electron chi connectivity index (χ0n) is 14.0. The van der Waals surface area contributed by atoms with Crippen molar-refractivity contribution in [2.24, 2.45) is 5.92 Å². The number of carboxylic acids is 1. The number of carbonyl (C=O) groups excluding carboxylic acids is 1. The third kappa shape index (κ3) is 6.29. The van der Waals surface area contributed by atoms with Crippen LogP contribution in [0.5, 0.6) is 0 Å². The molecule has 1 aliphatic heterocycles. The maximum atomic E-state index is 11.9. The van der Waals surface area contributed by atoms with Gasteiger partial charge < -0.3 is 19.9 Å². The van der Waals surface area contributed by atoms with Crippen LogP contribution in [0, 0.1) is 5.92 Å². The molecule has 1 aliphatic rings. The van der Waals surface area contributed by atoms with E-state index in [4.69, 9.17) is 14.6 Å². The average Bonchev–Trinajstić information content (AvgIpc) is 2.57. The summed E-state index contributed by atoms with van der Waals surface area (Å²) in [5.41, 5.74) is 1.64. The molecular weight excluding hydrogens is 310 g/mol. The van der Waals surface area contributed by atoms with E-state index in [0.717, 1.165) is 31.6 Å². The molecule has 0 bridgehead atoms. The van der Waals surface area contributed by atoms with Crippen molar-refractivity contribution in [3.05, 3.63) is 29.8 Å². The number of carbonyl (C=O) groups is 2. The summed E-state index contributed by atoms with van der Waals surface area (Å²) in [6.45, 7) is 3.54. The Morgan fingerprint density at radius 1 is 1.29 bits per heavy atom. The van der Waals surface area contributed by atoms with Gasteiger partial charge in [-0.1, -0.05) is 19.1 Å². The third-order valence-electron chi connectivity index (χ3n) is 4.05. The lowest BCUT2D eigenvalue weighted by molar-refractivity contribution is -0.141. The molecule has 1 fully saturated rings. The first-order valence-electron chi connectivity index (χ1n) is 8.35. The van der Waals surface area contributed by atoms with Gasteiger partial charge in [-0.25, -0.2) is 0 Å². The number of amides is 1. The highest BCUT2D eigenvalue weighted by Gasteiger charge is 2.14. The van der Waals surface area contributed by atoms with E-state index < -0.39 is 11.9 Å². The van der Waals surface area contributed by atoms with E-state index in [0.29, 0.717) is 25.1 Å². The summed E-state index contributed by atoms with van der Waals surface area (Å²) in [6, 6.07) is 7.27. The fourth-order valence-corrected chi connectivity index (χ4v) is 2.55. The van der Waals surface area contributed by atoms with Gasteiger partial charge in [-0.05, 0) is 37.0 Å². The molecule has 0 aliphatic carbocycles. The molecule has 6 heteroatoms. The molecule has 1 unspecified atom stereocenters. The highest BCUT2D eigenvalue weighted by molar-refractivity contribution is 5.90. The SMILES string of the molecule is CC(Cc1ccc(NC(=O)CCOC2CCOCC2)cc1)C(=O)O. The zero-order chi connectivity index (χ0) is 17.4. The lowest BCUT2D eigenvalue weighted by Crippen LogP contribution is -2.25. The summed E-state index contributed by atoms with van der Waals surface area (Å²) in [4.78, 5) is 22.8. The number of rotatable bonds is 8. The standard InChI is InChI=1S/C18H25NO5/c1-13(18(21)22)12-14-2-4-15(5-3-14)19-17(20)8-11-24-16-6-9-23-10-7-16/h2-5,13,16H,6-12H2,1H3,(H,19,20)(H,21,22). The van der Waals surface area contributed by atoms with Crippen LogP contribution in [-0.2, 0) is 25.5 Å². The van der Waals surface area contributed by atoms with Gasteiger partial charge in [-0.2, -0.15) is 0 Å². The molecule has 0 spiro atoms. The smallest absolute Gasteiger partial charge is 0.306 e. The van der Waals surface area contributed by atoms with Gasteiger partial charge in [0, 0.05) is 18.9 Å². The molecular formula is C18H25NO5. The van der Waals surface area contributed by atoms with Gasteiger partial charge in [0.1, 0.15) is 0 Å². The van der Waals surface area contributed by atoms with Crippen molar-refractivity contribution in [2.45, 2.75) is 38.7 Å². The topological polar surface area (TPSA) is 84.9 Å². The zero-order valence-corrected chi connectivity index (χ0v) is 14.0. The Labute approximate surface area is 142 Å². The van der Waals surface area contributed by atoms with Crippen LogP contribution in [0.2, 0.25) is 0 Å². The summed E-state index contributed by atoms with van der Waals surface area (Å²) in [7, 11) is 0. The summed E-state index contributed by atoms with van der Waals surface area (Å²) < 4.78 is 10.9. The van der Waals surface area contributed by atoms with E-state index >= 15 is 0 Å². The average molecular weight is 335 g/mol. The number of benzene rings is 1. The van der Waals surface area contributed by atoms with Gasteiger partial charge in [0.25, 0.3) is 0 Å². The van der Waals surface area contributed by atoms with Crippen LogP contribution in [0.15, 0.2) is 24.3 Å². The minimum Gasteiger partial charge on any atom is -0.481 e. The lowest BCUT2D eigenvalue weighted by atomic mass is 10.0. The van der Waals surface area contributed by atoms with E-state index in [1.54, 1.807) is 19.1 Å². The van der Waals surface area contributed by atoms with Crippen molar-refractivity contribution in [1.82, 2.24) is 0 Å². The molecule has 1 saturated heterocycles. The normalized spacial score (nSPS) is 16.5. The van der Waals surface area contributed by atoms with Crippen molar-refractivity contribution in [3.63, 3.8) is 0 Å². The van der Waals surface area contributed by atoms with Crippen molar-refractivity contribution in [3.8, 4) is 0 Å². The van der Waals surface area contributed by atoms with E-state index in [9.17, 15) is 9.59 Å². The largest absolute Gasteiger partial charge is 0.481 e. The number of hydrogen-bond donors (Lipinski definition) is 2.